The molecule has 2 rings (SSSR count). The molecular formula is C19H31NS. The van der Waals surface area contributed by atoms with Gasteiger partial charge in [-0.2, -0.15) is 11.8 Å². The third-order valence-corrected chi connectivity index (χ3v) is 6.38. The normalized spacial score (nSPS) is 26.8. The molecule has 1 saturated carbocycles. The molecule has 1 aromatic carbocycles. The van der Waals surface area contributed by atoms with Crippen molar-refractivity contribution in [3.63, 3.8) is 0 Å². The van der Waals surface area contributed by atoms with E-state index in [-0.39, 0.29) is 0 Å². The molecular weight excluding hydrogens is 274 g/mol. The van der Waals surface area contributed by atoms with E-state index in [1.807, 2.05) is 0 Å². The van der Waals surface area contributed by atoms with Gasteiger partial charge in [0.15, 0.2) is 0 Å². The third-order valence-electron chi connectivity index (χ3n) is 4.93. The van der Waals surface area contributed by atoms with Crippen molar-refractivity contribution >= 4 is 11.8 Å². The van der Waals surface area contributed by atoms with E-state index in [1.54, 1.807) is 0 Å². The van der Waals surface area contributed by atoms with E-state index in [1.165, 1.54) is 30.4 Å². The van der Waals surface area contributed by atoms with Gasteiger partial charge in [-0.1, -0.05) is 50.6 Å². The maximum Gasteiger partial charge on any atom is 0.0207 e. The van der Waals surface area contributed by atoms with Gasteiger partial charge >= 0.3 is 0 Å². The Kier molecular flexibility index (Phi) is 5.79. The molecule has 0 amide bonds. The van der Waals surface area contributed by atoms with Crippen LogP contribution in [-0.4, -0.2) is 18.3 Å². The SMILES string of the molecule is CNC1CCC(C(C)(C)C)CC1SCc1cccc(C)c1. The van der Waals surface area contributed by atoms with Crippen molar-refractivity contribution in [1.29, 1.82) is 0 Å². The second kappa shape index (κ2) is 7.19. The Balaban J connectivity index is 1.98. The van der Waals surface area contributed by atoms with Gasteiger partial charge in [-0.05, 0) is 50.1 Å². The molecule has 1 fully saturated rings. The smallest absolute Gasteiger partial charge is 0.0207 e. The summed E-state index contributed by atoms with van der Waals surface area (Å²) in [6.07, 6.45) is 4.05. The molecule has 3 unspecified atom stereocenters. The van der Waals surface area contributed by atoms with Crippen molar-refractivity contribution in [2.24, 2.45) is 11.3 Å². The molecule has 1 aromatic rings. The van der Waals surface area contributed by atoms with E-state index in [0.717, 1.165) is 16.9 Å². The molecule has 0 saturated heterocycles. The Morgan fingerprint density at radius 1 is 1.24 bits per heavy atom. The van der Waals surface area contributed by atoms with Crippen LogP contribution in [0.15, 0.2) is 24.3 Å². The lowest BCUT2D eigenvalue weighted by atomic mass is 9.71. The summed E-state index contributed by atoms with van der Waals surface area (Å²) in [4.78, 5) is 0. The van der Waals surface area contributed by atoms with Gasteiger partial charge < -0.3 is 5.32 Å². The summed E-state index contributed by atoms with van der Waals surface area (Å²) < 4.78 is 0. The Hall–Kier alpha value is -0.470. The first-order valence-corrected chi connectivity index (χ1v) is 9.29. The van der Waals surface area contributed by atoms with Gasteiger partial charge in [-0.3, -0.25) is 0 Å². The predicted octanol–water partition coefficient (Wildman–Crippen LogP) is 5.03. The highest BCUT2D eigenvalue weighted by atomic mass is 32.2. The number of nitrogens with one attached hydrogen (secondary N) is 1. The molecule has 1 nitrogen and oxygen atoms in total. The van der Waals surface area contributed by atoms with Gasteiger partial charge in [0.1, 0.15) is 0 Å². The number of hydrogen-bond acceptors (Lipinski definition) is 2. The highest BCUT2D eigenvalue weighted by molar-refractivity contribution is 7.99. The first kappa shape index (κ1) is 16.9. The topological polar surface area (TPSA) is 12.0 Å². The fourth-order valence-electron chi connectivity index (χ4n) is 3.44. The van der Waals surface area contributed by atoms with Gasteiger partial charge in [0, 0.05) is 17.0 Å². The highest BCUT2D eigenvalue weighted by Crippen LogP contribution is 2.42. The van der Waals surface area contributed by atoms with Gasteiger partial charge in [-0.25, -0.2) is 0 Å². The van der Waals surface area contributed by atoms with Crippen molar-refractivity contribution in [2.45, 2.75) is 64.0 Å². The molecule has 1 N–H and O–H groups in total. The van der Waals surface area contributed by atoms with E-state index < -0.39 is 0 Å². The molecule has 21 heavy (non-hydrogen) atoms. The van der Waals surface area contributed by atoms with Crippen LogP contribution >= 0.6 is 11.8 Å². The van der Waals surface area contributed by atoms with E-state index in [4.69, 9.17) is 0 Å². The van der Waals surface area contributed by atoms with E-state index in [2.05, 4.69) is 76.1 Å². The average molecular weight is 306 g/mol. The van der Waals surface area contributed by atoms with Crippen LogP contribution in [0.5, 0.6) is 0 Å². The van der Waals surface area contributed by atoms with Crippen molar-refractivity contribution in [3.05, 3.63) is 35.4 Å². The molecule has 3 atom stereocenters. The van der Waals surface area contributed by atoms with Crippen LogP contribution in [0.3, 0.4) is 0 Å². The fourth-order valence-corrected chi connectivity index (χ4v) is 4.89. The summed E-state index contributed by atoms with van der Waals surface area (Å²) in [5, 5.41) is 4.30. The average Bonchev–Trinajstić information content (AvgIpc) is 2.44. The van der Waals surface area contributed by atoms with E-state index in [0.29, 0.717) is 11.5 Å². The zero-order chi connectivity index (χ0) is 15.5. The molecule has 0 heterocycles. The second-order valence-corrected chi connectivity index (χ2v) is 8.84. The van der Waals surface area contributed by atoms with Crippen LogP contribution in [0.25, 0.3) is 0 Å². The van der Waals surface area contributed by atoms with Crippen LogP contribution in [0, 0.1) is 18.3 Å². The summed E-state index contributed by atoms with van der Waals surface area (Å²) in [6, 6.07) is 9.63. The molecule has 2 heteroatoms. The summed E-state index contributed by atoms with van der Waals surface area (Å²) in [7, 11) is 2.13. The minimum absolute atomic E-state index is 0.445. The zero-order valence-corrected chi connectivity index (χ0v) is 15.1. The Labute approximate surface area is 135 Å². The third kappa shape index (κ3) is 4.75. The number of thioether (sulfide) groups is 1. The van der Waals surface area contributed by atoms with Crippen molar-refractivity contribution in [2.75, 3.05) is 7.05 Å². The molecule has 1 aliphatic carbocycles. The van der Waals surface area contributed by atoms with Crippen LogP contribution in [0.4, 0.5) is 0 Å². The maximum atomic E-state index is 3.55. The predicted molar refractivity (Wildman–Crippen MR) is 95.9 cm³/mol. The Bertz CT molecular complexity index is 449. The minimum Gasteiger partial charge on any atom is -0.316 e. The number of aryl methyl sites for hydroxylation is 1. The van der Waals surface area contributed by atoms with Gasteiger partial charge in [0.25, 0.3) is 0 Å². The van der Waals surface area contributed by atoms with Crippen LogP contribution in [-0.2, 0) is 5.75 Å². The molecule has 1 aliphatic rings. The minimum atomic E-state index is 0.445. The van der Waals surface area contributed by atoms with Gasteiger partial charge in [-0.15, -0.1) is 0 Å². The first-order valence-electron chi connectivity index (χ1n) is 8.24. The van der Waals surface area contributed by atoms with Gasteiger partial charge in [0.05, 0.1) is 0 Å². The lowest BCUT2D eigenvalue weighted by molar-refractivity contribution is 0.167. The lowest BCUT2D eigenvalue weighted by Gasteiger charge is -2.41. The van der Waals surface area contributed by atoms with Gasteiger partial charge in [0.2, 0.25) is 0 Å². The van der Waals surface area contributed by atoms with Crippen molar-refractivity contribution < 1.29 is 0 Å². The molecule has 0 aliphatic heterocycles. The second-order valence-electron chi connectivity index (χ2n) is 7.61. The lowest BCUT2D eigenvalue weighted by Crippen LogP contribution is -2.43. The monoisotopic (exact) mass is 305 g/mol. The van der Waals surface area contributed by atoms with E-state index in [9.17, 15) is 0 Å². The molecule has 118 valence electrons. The summed E-state index contributed by atoms with van der Waals surface area (Å²) in [6.45, 7) is 9.39. The standard InChI is InChI=1S/C19H31NS/c1-14-7-6-8-15(11-14)13-21-18-12-16(19(2,3)4)9-10-17(18)20-5/h6-8,11,16-18,20H,9-10,12-13H2,1-5H3. The Morgan fingerprint density at radius 3 is 2.62 bits per heavy atom. The quantitative estimate of drug-likeness (QED) is 0.837. The Morgan fingerprint density at radius 2 is 2.00 bits per heavy atom. The zero-order valence-electron chi connectivity index (χ0n) is 14.3. The maximum absolute atomic E-state index is 3.55. The fraction of sp³-hybridized carbons (Fsp3) is 0.684. The van der Waals surface area contributed by atoms with Crippen LogP contribution in [0.2, 0.25) is 0 Å². The summed E-state index contributed by atoms with van der Waals surface area (Å²) in [5.74, 6) is 2.00. The number of benzene rings is 1. The molecule has 0 spiro atoms. The summed E-state index contributed by atoms with van der Waals surface area (Å²) in [5.41, 5.74) is 3.28. The molecule has 0 aromatic heterocycles. The van der Waals surface area contributed by atoms with Crippen molar-refractivity contribution in [1.82, 2.24) is 5.32 Å². The van der Waals surface area contributed by atoms with Crippen molar-refractivity contribution in [3.8, 4) is 0 Å². The van der Waals surface area contributed by atoms with Crippen LogP contribution in [0.1, 0.15) is 51.2 Å². The van der Waals surface area contributed by atoms with E-state index >= 15 is 0 Å². The number of hydrogen-bond donors (Lipinski definition) is 1. The molecule has 0 bridgehead atoms. The number of rotatable bonds is 4. The molecule has 0 radical (unpaired) electrons. The first-order chi connectivity index (χ1) is 9.90. The largest absolute Gasteiger partial charge is 0.316 e. The summed E-state index contributed by atoms with van der Waals surface area (Å²) >= 11 is 2.15. The highest BCUT2D eigenvalue weighted by Gasteiger charge is 2.35. The van der Waals surface area contributed by atoms with Crippen LogP contribution < -0.4 is 5.32 Å².